The number of nitro benzene ring substituents is 1. The minimum Gasteiger partial charge on any atom is -0.490 e. The van der Waals surface area contributed by atoms with Crippen LogP contribution in [0.15, 0.2) is 18.2 Å². The van der Waals surface area contributed by atoms with Crippen molar-refractivity contribution in [2.75, 3.05) is 6.61 Å². The molecule has 1 aromatic carbocycles. The number of ether oxygens (including phenoxy) is 1. The van der Waals surface area contributed by atoms with Crippen molar-refractivity contribution in [2.45, 2.75) is 19.4 Å². The van der Waals surface area contributed by atoms with Gasteiger partial charge >= 0.3 is 0 Å². The van der Waals surface area contributed by atoms with Gasteiger partial charge in [-0.2, -0.15) is 5.26 Å². The Balaban J connectivity index is 2.91. The lowest BCUT2D eigenvalue weighted by Crippen LogP contribution is -2.40. The predicted molar refractivity (Wildman–Crippen MR) is 61.5 cm³/mol. The second-order valence-electron chi connectivity index (χ2n) is 3.98. The highest BCUT2D eigenvalue weighted by Crippen LogP contribution is 2.27. The summed E-state index contributed by atoms with van der Waals surface area (Å²) in [6, 6.07) is 6.42. The summed E-state index contributed by atoms with van der Waals surface area (Å²) in [5.41, 5.74) is 4.88. The van der Waals surface area contributed by atoms with Gasteiger partial charge in [-0.05, 0) is 19.9 Å². The first-order chi connectivity index (χ1) is 7.87. The molecule has 0 saturated heterocycles. The van der Waals surface area contributed by atoms with Crippen LogP contribution < -0.4 is 10.5 Å². The van der Waals surface area contributed by atoms with E-state index in [0.717, 1.165) is 0 Å². The van der Waals surface area contributed by atoms with Gasteiger partial charge in [0.2, 0.25) is 0 Å². The van der Waals surface area contributed by atoms with Crippen LogP contribution in [0.4, 0.5) is 5.69 Å². The third-order valence-corrected chi connectivity index (χ3v) is 2.24. The summed E-state index contributed by atoms with van der Waals surface area (Å²) in [5.74, 6) is 0.367. The van der Waals surface area contributed by atoms with Crippen molar-refractivity contribution < 1.29 is 9.66 Å². The van der Waals surface area contributed by atoms with Crippen molar-refractivity contribution in [3.8, 4) is 11.8 Å². The van der Waals surface area contributed by atoms with Crippen molar-refractivity contribution in [3.05, 3.63) is 33.9 Å². The maximum atomic E-state index is 10.7. The smallest absolute Gasteiger partial charge is 0.276 e. The Morgan fingerprint density at radius 1 is 1.65 bits per heavy atom. The fourth-order valence-electron chi connectivity index (χ4n) is 1.22. The van der Waals surface area contributed by atoms with E-state index < -0.39 is 10.5 Å². The molecule has 0 bridgehead atoms. The van der Waals surface area contributed by atoms with Gasteiger partial charge in [-0.25, -0.2) is 0 Å². The van der Waals surface area contributed by atoms with E-state index in [4.69, 9.17) is 15.7 Å². The van der Waals surface area contributed by atoms with E-state index in [1.807, 2.05) is 6.07 Å². The molecule has 2 N–H and O–H groups in total. The van der Waals surface area contributed by atoms with Gasteiger partial charge in [0.1, 0.15) is 17.9 Å². The molecule has 0 heterocycles. The summed E-state index contributed by atoms with van der Waals surface area (Å²) in [5, 5.41) is 19.4. The van der Waals surface area contributed by atoms with Crippen molar-refractivity contribution in [1.82, 2.24) is 0 Å². The van der Waals surface area contributed by atoms with Crippen molar-refractivity contribution in [1.29, 1.82) is 5.26 Å². The van der Waals surface area contributed by atoms with Crippen LogP contribution in [-0.4, -0.2) is 17.1 Å². The van der Waals surface area contributed by atoms with Gasteiger partial charge in [0, 0.05) is 6.07 Å². The van der Waals surface area contributed by atoms with E-state index >= 15 is 0 Å². The predicted octanol–water partition coefficient (Wildman–Crippen LogP) is 1.52. The minimum absolute atomic E-state index is 0.0156. The normalized spacial score (nSPS) is 13.5. The van der Waals surface area contributed by atoms with Crippen LogP contribution in [0.25, 0.3) is 0 Å². The number of nitrogens with zero attached hydrogens (tertiary/aromatic N) is 2. The van der Waals surface area contributed by atoms with Gasteiger partial charge in [-0.3, -0.25) is 10.1 Å². The molecule has 0 saturated carbocycles. The fraction of sp³-hybridized carbons (Fsp3) is 0.364. The van der Waals surface area contributed by atoms with Gasteiger partial charge in [-0.1, -0.05) is 6.07 Å². The highest BCUT2D eigenvalue weighted by Gasteiger charge is 2.20. The first-order valence-electron chi connectivity index (χ1n) is 4.94. The Morgan fingerprint density at radius 2 is 2.29 bits per heavy atom. The third kappa shape index (κ3) is 3.16. The van der Waals surface area contributed by atoms with Crippen molar-refractivity contribution in [3.63, 3.8) is 0 Å². The second-order valence-corrected chi connectivity index (χ2v) is 3.98. The van der Waals surface area contributed by atoms with Crippen molar-refractivity contribution >= 4 is 5.69 Å². The average Bonchev–Trinajstić information content (AvgIpc) is 2.27. The molecule has 6 nitrogen and oxygen atoms in total. The second kappa shape index (κ2) is 4.80. The highest BCUT2D eigenvalue weighted by molar-refractivity contribution is 5.48. The Hall–Kier alpha value is -2.13. The molecule has 0 aliphatic rings. The lowest BCUT2D eigenvalue weighted by atomic mass is 10.1. The van der Waals surface area contributed by atoms with Crippen molar-refractivity contribution in [2.24, 2.45) is 5.73 Å². The average molecular weight is 235 g/mol. The monoisotopic (exact) mass is 235 g/mol. The molecular weight excluding hydrogens is 222 g/mol. The molecule has 17 heavy (non-hydrogen) atoms. The van der Waals surface area contributed by atoms with Crippen LogP contribution >= 0.6 is 0 Å². The molecule has 90 valence electrons. The van der Waals surface area contributed by atoms with Crippen LogP contribution in [0.3, 0.4) is 0 Å². The zero-order valence-corrected chi connectivity index (χ0v) is 9.64. The van der Waals surface area contributed by atoms with Gasteiger partial charge < -0.3 is 10.5 Å². The quantitative estimate of drug-likeness (QED) is 0.629. The summed E-state index contributed by atoms with van der Waals surface area (Å²) in [6.07, 6.45) is 0. The maximum absolute atomic E-state index is 10.7. The first-order valence-corrected chi connectivity index (χ1v) is 4.94. The molecule has 6 heteroatoms. The van der Waals surface area contributed by atoms with E-state index in [0.29, 0.717) is 11.3 Å². The zero-order chi connectivity index (χ0) is 13.1. The van der Waals surface area contributed by atoms with E-state index in [9.17, 15) is 10.1 Å². The van der Waals surface area contributed by atoms with Crippen LogP contribution in [0, 0.1) is 28.4 Å². The molecule has 0 aromatic heterocycles. The molecule has 0 amide bonds. The zero-order valence-electron chi connectivity index (χ0n) is 9.64. The summed E-state index contributed by atoms with van der Waals surface area (Å²) >= 11 is 0. The minimum atomic E-state index is -1.11. The molecule has 0 aliphatic heterocycles. The lowest BCUT2D eigenvalue weighted by molar-refractivity contribution is -0.385. The Labute approximate surface area is 98.8 Å². The molecule has 1 unspecified atom stereocenters. The number of hydrogen-bond donors (Lipinski definition) is 1. The Bertz CT molecular complexity index is 477. The van der Waals surface area contributed by atoms with Gasteiger partial charge in [0.25, 0.3) is 5.69 Å². The van der Waals surface area contributed by atoms with Crippen LogP contribution in [0.5, 0.6) is 5.75 Å². The molecule has 1 aromatic rings. The van der Waals surface area contributed by atoms with E-state index in [1.165, 1.54) is 19.1 Å². The highest BCUT2D eigenvalue weighted by atomic mass is 16.6. The lowest BCUT2D eigenvalue weighted by Gasteiger charge is -2.17. The van der Waals surface area contributed by atoms with Gasteiger partial charge in [0.05, 0.1) is 16.6 Å². The number of nitrogens with two attached hydrogens (primary N) is 1. The van der Waals surface area contributed by atoms with Gasteiger partial charge in [0.15, 0.2) is 0 Å². The summed E-state index contributed by atoms with van der Waals surface area (Å²) in [6.45, 7) is 3.10. The molecule has 0 aliphatic carbocycles. The SMILES string of the molecule is Cc1c(OCC(C)(N)C#N)cccc1[N+](=O)[O-]. The topological polar surface area (TPSA) is 102 Å². The Morgan fingerprint density at radius 3 is 2.82 bits per heavy atom. The van der Waals surface area contributed by atoms with E-state index in [2.05, 4.69) is 0 Å². The molecule has 0 spiro atoms. The third-order valence-electron chi connectivity index (χ3n) is 2.24. The Kier molecular flexibility index (Phi) is 3.66. The maximum Gasteiger partial charge on any atom is 0.276 e. The van der Waals surface area contributed by atoms with Crippen LogP contribution in [0.1, 0.15) is 12.5 Å². The molecule has 0 radical (unpaired) electrons. The largest absolute Gasteiger partial charge is 0.490 e. The number of rotatable bonds is 4. The molecule has 1 atom stereocenters. The molecule has 0 fully saturated rings. The number of nitriles is 1. The fourth-order valence-corrected chi connectivity index (χ4v) is 1.22. The summed E-state index contributed by atoms with van der Waals surface area (Å²) in [4.78, 5) is 10.2. The summed E-state index contributed by atoms with van der Waals surface area (Å²) < 4.78 is 5.33. The molecular formula is C11H13N3O3. The number of hydrogen-bond acceptors (Lipinski definition) is 5. The van der Waals surface area contributed by atoms with E-state index in [1.54, 1.807) is 13.0 Å². The number of nitro groups is 1. The standard InChI is InChI=1S/C11H13N3O3/c1-8-9(14(15)16)4-3-5-10(8)17-7-11(2,13)6-12/h3-5H,7,13H2,1-2H3. The van der Waals surface area contributed by atoms with Crippen LogP contribution in [-0.2, 0) is 0 Å². The molecule has 1 rings (SSSR count). The van der Waals surface area contributed by atoms with Gasteiger partial charge in [-0.15, -0.1) is 0 Å². The van der Waals surface area contributed by atoms with E-state index in [-0.39, 0.29) is 12.3 Å². The summed E-state index contributed by atoms with van der Waals surface area (Å²) in [7, 11) is 0. The first kappa shape index (κ1) is 12.9. The number of benzene rings is 1. The van der Waals surface area contributed by atoms with Crippen LogP contribution in [0.2, 0.25) is 0 Å².